The first kappa shape index (κ1) is 20.2. The summed E-state index contributed by atoms with van der Waals surface area (Å²) in [5.74, 6) is 2.45. The third-order valence-electron chi connectivity index (χ3n) is 3.42. The molecule has 3 amide bonds. The van der Waals surface area contributed by atoms with Crippen molar-refractivity contribution in [1.29, 1.82) is 0 Å². The van der Waals surface area contributed by atoms with Gasteiger partial charge in [-0.1, -0.05) is 0 Å². The number of ether oxygens (including phenoxy) is 1. The molecule has 0 aromatic heterocycles. The minimum Gasteiger partial charge on any atom is -0.394 e. The number of aliphatic hydroxyl groups excluding tert-OH is 4. The summed E-state index contributed by atoms with van der Waals surface area (Å²) in [6.07, 6.45) is -7.88. The maximum Gasteiger partial charge on any atom is 0.263 e. The lowest BCUT2D eigenvalue weighted by atomic mass is 9.95. The fraction of sp³-hybridized carbons (Fsp3) is 0.750. The molecule has 0 radical (unpaired) electrons. The summed E-state index contributed by atoms with van der Waals surface area (Å²) in [5.41, 5.74) is 1.67. The molecule has 24 heavy (non-hydrogen) atoms. The normalized spacial score (nSPS) is 31.0. The standard InChI is InChI=1S/C12H22N4O8/c1-4(18)14-8-10(22)9(21)6(3-17)24-12(8)15-7(20)2-5(19)11(23)16-13/h5-6,8-10,12,17,19,21-22H,2-3,13H2,1H3,(H,14,18)(H,15,20)(H,16,23)/t5?,6-,8-,9-,10-,12-/m1/s1. The van der Waals surface area contributed by atoms with Crippen LogP contribution in [0.25, 0.3) is 0 Å². The Morgan fingerprint density at radius 1 is 1.21 bits per heavy atom. The van der Waals surface area contributed by atoms with Gasteiger partial charge >= 0.3 is 0 Å². The molecular weight excluding hydrogens is 328 g/mol. The van der Waals surface area contributed by atoms with Gasteiger partial charge in [-0.05, 0) is 0 Å². The van der Waals surface area contributed by atoms with Crippen molar-refractivity contribution in [1.82, 2.24) is 16.1 Å². The predicted molar refractivity (Wildman–Crippen MR) is 76.5 cm³/mol. The first-order valence-corrected chi connectivity index (χ1v) is 7.08. The minimum atomic E-state index is -1.71. The number of carbonyl (C=O) groups is 3. The zero-order valence-corrected chi connectivity index (χ0v) is 12.9. The van der Waals surface area contributed by atoms with Gasteiger partial charge in [-0.25, -0.2) is 5.84 Å². The smallest absolute Gasteiger partial charge is 0.263 e. The van der Waals surface area contributed by atoms with Crippen molar-refractivity contribution in [3.8, 4) is 0 Å². The third-order valence-corrected chi connectivity index (χ3v) is 3.42. The molecule has 6 atom stereocenters. The van der Waals surface area contributed by atoms with E-state index in [4.69, 9.17) is 15.7 Å². The van der Waals surface area contributed by atoms with Gasteiger partial charge in [0.2, 0.25) is 11.8 Å². The van der Waals surface area contributed by atoms with Crippen LogP contribution in [0.1, 0.15) is 13.3 Å². The van der Waals surface area contributed by atoms with Crippen molar-refractivity contribution >= 4 is 17.7 Å². The molecule has 138 valence electrons. The molecule has 0 spiro atoms. The van der Waals surface area contributed by atoms with Gasteiger partial charge in [0.15, 0.2) is 6.23 Å². The van der Waals surface area contributed by atoms with Crippen molar-refractivity contribution in [2.45, 2.75) is 50.0 Å². The average Bonchev–Trinajstić information content (AvgIpc) is 2.52. The summed E-state index contributed by atoms with van der Waals surface area (Å²) in [4.78, 5) is 34.2. The van der Waals surface area contributed by atoms with Gasteiger partial charge in [0.25, 0.3) is 5.91 Å². The highest BCUT2D eigenvalue weighted by Gasteiger charge is 2.45. The largest absolute Gasteiger partial charge is 0.394 e. The van der Waals surface area contributed by atoms with E-state index < -0.39 is 67.4 Å². The highest BCUT2D eigenvalue weighted by atomic mass is 16.5. The fourth-order valence-corrected chi connectivity index (χ4v) is 2.22. The molecule has 0 aromatic rings. The maximum atomic E-state index is 11.9. The second-order valence-corrected chi connectivity index (χ2v) is 5.28. The second kappa shape index (κ2) is 8.86. The van der Waals surface area contributed by atoms with Crippen LogP contribution in [0.5, 0.6) is 0 Å². The van der Waals surface area contributed by atoms with Gasteiger partial charge in [0.1, 0.15) is 30.5 Å². The van der Waals surface area contributed by atoms with Crippen molar-refractivity contribution < 1.29 is 39.5 Å². The minimum absolute atomic E-state index is 0.556. The number of aliphatic hydroxyl groups is 4. The Balaban J connectivity index is 2.81. The molecule has 0 aliphatic carbocycles. The average molecular weight is 350 g/mol. The molecule has 1 fully saturated rings. The van der Waals surface area contributed by atoms with Crippen LogP contribution in [0.4, 0.5) is 0 Å². The number of hydrogen-bond donors (Lipinski definition) is 8. The molecule has 0 saturated carbocycles. The monoisotopic (exact) mass is 350 g/mol. The summed E-state index contributed by atoms with van der Waals surface area (Å²) in [6.45, 7) is 0.515. The van der Waals surface area contributed by atoms with Crippen LogP contribution in [0.15, 0.2) is 0 Å². The van der Waals surface area contributed by atoms with E-state index in [1.807, 2.05) is 0 Å². The van der Waals surface area contributed by atoms with Gasteiger partial charge in [0, 0.05) is 6.92 Å². The molecule has 1 aliphatic rings. The number of carbonyl (C=O) groups excluding carboxylic acids is 3. The Hall–Kier alpha value is -1.83. The van der Waals surface area contributed by atoms with Gasteiger partial charge in [0.05, 0.1) is 13.0 Å². The molecule has 12 heteroatoms. The Morgan fingerprint density at radius 2 is 1.83 bits per heavy atom. The zero-order chi connectivity index (χ0) is 18.4. The van der Waals surface area contributed by atoms with Crippen molar-refractivity contribution in [3.63, 3.8) is 0 Å². The summed E-state index contributed by atoms with van der Waals surface area (Å²) in [7, 11) is 0. The number of amides is 3. The van der Waals surface area contributed by atoms with E-state index in [9.17, 15) is 29.7 Å². The van der Waals surface area contributed by atoms with E-state index in [1.165, 1.54) is 0 Å². The molecule has 1 heterocycles. The SMILES string of the molecule is CC(=O)N[C@@H]1[C@@H](O)[C@H](O)[C@@H](CO)O[C@H]1NC(=O)CC(O)C(=O)NN. The van der Waals surface area contributed by atoms with E-state index in [-0.39, 0.29) is 0 Å². The van der Waals surface area contributed by atoms with E-state index in [1.54, 1.807) is 5.43 Å². The van der Waals surface area contributed by atoms with E-state index in [0.717, 1.165) is 6.92 Å². The van der Waals surface area contributed by atoms with E-state index in [2.05, 4.69) is 10.6 Å². The molecule has 1 aliphatic heterocycles. The molecular formula is C12H22N4O8. The van der Waals surface area contributed by atoms with Crippen molar-refractivity contribution in [2.24, 2.45) is 5.84 Å². The lowest BCUT2D eigenvalue weighted by molar-refractivity contribution is -0.203. The molecule has 1 unspecified atom stereocenters. The van der Waals surface area contributed by atoms with Crippen LogP contribution >= 0.6 is 0 Å². The lowest BCUT2D eigenvalue weighted by Crippen LogP contribution is -2.68. The Morgan fingerprint density at radius 3 is 2.33 bits per heavy atom. The zero-order valence-electron chi connectivity index (χ0n) is 12.9. The lowest BCUT2D eigenvalue weighted by Gasteiger charge is -2.42. The molecule has 1 rings (SSSR count). The number of hydrogen-bond acceptors (Lipinski definition) is 9. The maximum absolute atomic E-state index is 11.9. The van der Waals surface area contributed by atoms with Crippen LogP contribution in [0, 0.1) is 0 Å². The fourth-order valence-electron chi connectivity index (χ4n) is 2.22. The first-order chi connectivity index (χ1) is 11.2. The predicted octanol–water partition coefficient (Wildman–Crippen LogP) is -5.21. The molecule has 12 nitrogen and oxygen atoms in total. The van der Waals surface area contributed by atoms with Gasteiger partial charge in [-0.15, -0.1) is 0 Å². The number of nitrogens with one attached hydrogen (secondary N) is 3. The summed E-state index contributed by atoms with van der Waals surface area (Å²) < 4.78 is 5.26. The van der Waals surface area contributed by atoms with E-state index in [0.29, 0.717) is 0 Å². The van der Waals surface area contributed by atoms with Gasteiger partial charge in [-0.3, -0.25) is 19.8 Å². The van der Waals surface area contributed by atoms with Crippen LogP contribution in [0.2, 0.25) is 0 Å². The Bertz CT molecular complexity index is 476. The number of hydrazine groups is 1. The van der Waals surface area contributed by atoms with Crippen LogP contribution in [-0.4, -0.2) is 81.4 Å². The van der Waals surface area contributed by atoms with E-state index >= 15 is 0 Å². The van der Waals surface area contributed by atoms with Crippen LogP contribution in [0.3, 0.4) is 0 Å². The van der Waals surface area contributed by atoms with Crippen LogP contribution in [-0.2, 0) is 19.1 Å². The summed E-state index contributed by atoms with van der Waals surface area (Å²) >= 11 is 0. The quantitative estimate of drug-likeness (QED) is 0.131. The highest BCUT2D eigenvalue weighted by Crippen LogP contribution is 2.20. The second-order valence-electron chi connectivity index (χ2n) is 5.28. The third kappa shape index (κ3) is 5.09. The number of nitrogens with two attached hydrogens (primary N) is 1. The van der Waals surface area contributed by atoms with Crippen molar-refractivity contribution in [3.05, 3.63) is 0 Å². The molecule has 0 aromatic carbocycles. The summed E-state index contributed by atoms with van der Waals surface area (Å²) in [6, 6.07) is -1.20. The van der Waals surface area contributed by atoms with Crippen molar-refractivity contribution in [2.75, 3.05) is 6.61 Å². The first-order valence-electron chi connectivity index (χ1n) is 7.08. The Labute approximate surface area is 136 Å². The highest BCUT2D eigenvalue weighted by molar-refractivity contribution is 5.87. The molecule has 0 bridgehead atoms. The van der Waals surface area contributed by atoms with Gasteiger partial charge < -0.3 is 35.8 Å². The molecule has 9 N–H and O–H groups in total. The Kier molecular flexibility index (Phi) is 7.47. The molecule has 1 saturated heterocycles. The number of rotatable bonds is 6. The summed E-state index contributed by atoms with van der Waals surface area (Å²) in [5, 5.41) is 43.0. The topological polar surface area (TPSA) is 203 Å². The van der Waals surface area contributed by atoms with Crippen LogP contribution < -0.4 is 21.9 Å². The van der Waals surface area contributed by atoms with Gasteiger partial charge in [-0.2, -0.15) is 0 Å².